The summed E-state index contributed by atoms with van der Waals surface area (Å²) in [6.45, 7) is 0. The zero-order chi connectivity index (χ0) is 14.8. The van der Waals surface area contributed by atoms with Crippen LogP contribution >= 0.6 is 11.6 Å². The number of benzene rings is 2. The average Bonchev–Trinajstić information content (AvgIpc) is 2.77. The van der Waals surface area contributed by atoms with Crippen LogP contribution in [0.2, 0.25) is 5.02 Å². The van der Waals surface area contributed by atoms with Gasteiger partial charge in [-0.25, -0.2) is 4.39 Å². The highest BCUT2D eigenvalue weighted by molar-refractivity contribution is 6.53. The molecule has 0 radical (unpaired) electrons. The van der Waals surface area contributed by atoms with Crippen molar-refractivity contribution in [2.75, 3.05) is 5.32 Å². The van der Waals surface area contributed by atoms with Gasteiger partial charge >= 0.3 is 0 Å². The highest BCUT2D eigenvalue weighted by Gasteiger charge is 2.25. The minimum atomic E-state index is -0.424. The molecular formula is C15H9ClFN3O. The van der Waals surface area contributed by atoms with Crippen LogP contribution in [0.1, 0.15) is 11.1 Å². The molecule has 2 aromatic carbocycles. The van der Waals surface area contributed by atoms with Crippen LogP contribution in [0.25, 0.3) is 0 Å². The minimum Gasteiger partial charge on any atom is -0.320 e. The van der Waals surface area contributed by atoms with Crippen molar-refractivity contribution < 1.29 is 9.18 Å². The average molecular weight is 302 g/mol. The van der Waals surface area contributed by atoms with E-state index in [-0.39, 0.29) is 16.6 Å². The second kappa shape index (κ2) is 5.46. The standard InChI is InChI=1S/C15H9ClFN3O/c16-12-7-10(17)6-5-9(12)8-18-20-14-11-3-1-2-4-13(11)19-15(14)21/h1-8H,(H,19,20,21). The lowest BCUT2D eigenvalue weighted by atomic mass is 10.1. The highest BCUT2D eigenvalue weighted by Crippen LogP contribution is 2.22. The summed E-state index contributed by atoms with van der Waals surface area (Å²) >= 11 is 5.88. The van der Waals surface area contributed by atoms with Gasteiger partial charge in [-0.1, -0.05) is 29.8 Å². The van der Waals surface area contributed by atoms with Crippen LogP contribution in [0.5, 0.6) is 0 Å². The summed E-state index contributed by atoms with van der Waals surface area (Å²) in [5, 5.41) is 10.7. The number of rotatable bonds is 2. The maximum atomic E-state index is 12.9. The van der Waals surface area contributed by atoms with E-state index < -0.39 is 5.82 Å². The second-order valence-electron chi connectivity index (χ2n) is 4.36. The molecule has 1 aliphatic heterocycles. The number of amides is 1. The first-order chi connectivity index (χ1) is 10.1. The predicted octanol–water partition coefficient (Wildman–Crippen LogP) is 3.25. The number of hydrogen-bond donors (Lipinski definition) is 1. The Labute approximate surface area is 125 Å². The van der Waals surface area contributed by atoms with Gasteiger partial charge in [0.25, 0.3) is 5.91 Å². The lowest BCUT2D eigenvalue weighted by molar-refractivity contribution is -0.110. The molecule has 4 nitrogen and oxygen atoms in total. The van der Waals surface area contributed by atoms with Crippen molar-refractivity contribution in [3.63, 3.8) is 0 Å². The van der Waals surface area contributed by atoms with Gasteiger partial charge in [-0.15, -0.1) is 5.10 Å². The van der Waals surface area contributed by atoms with E-state index in [1.54, 1.807) is 12.1 Å². The first-order valence-electron chi connectivity index (χ1n) is 6.12. The molecule has 0 fully saturated rings. The maximum Gasteiger partial charge on any atom is 0.276 e. The molecule has 0 saturated carbocycles. The van der Waals surface area contributed by atoms with Crippen molar-refractivity contribution in [2.45, 2.75) is 0 Å². The van der Waals surface area contributed by atoms with E-state index in [0.717, 1.165) is 0 Å². The van der Waals surface area contributed by atoms with E-state index in [0.29, 0.717) is 16.8 Å². The van der Waals surface area contributed by atoms with E-state index in [1.807, 2.05) is 12.1 Å². The van der Waals surface area contributed by atoms with Gasteiger partial charge in [-0.2, -0.15) is 5.10 Å². The summed E-state index contributed by atoms with van der Waals surface area (Å²) < 4.78 is 12.9. The van der Waals surface area contributed by atoms with Crippen LogP contribution < -0.4 is 5.32 Å². The number of para-hydroxylation sites is 1. The Morgan fingerprint density at radius 3 is 2.81 bits per heavy atom. The van der Waals surface area contributed by atoms with Gasteiger partial charge in [0.15, 0.2) is 5.71 Å². The van der Waals surface area contributed by atoms with Crippen molar-refractivity contribution in [3.8, 4) is 0 Å². The third-order valence-electron chi connectivity index (χ3n) is 2.96. The molecule has 0 bridgehead atoms. The minimum absolute atomic E-state index is 0.232. The van der Waals surface area contributed by atoms with Crippen LogP contribution in [0, 0.1) is 5.82 Å². The van der Waals surface area contributed by atoms with Crippen LogP contribution in [-0.4, -0.2) is 17.8 Å². The third kappa shape index (κ3) is 2.68. The number of carbonyl (C=O) groups is 1. The zero-order valence-corrected chi connectivity index (χ0v) is 11.4. The van der Waals surface area contributed by atoms with Gasteiger partial charge in [0.05, 0.1) is 16.9 Å². The van der Waals surface area contributed by atoms with Gasteiger partial charge in [-0.3, -0.25) is 4.79 Å². The molecular weight excluding hydrogens is 293 g/mol. The fourth-order valence-electron chi connectivity index (χ4n) is 1.96. The predicted molar refractivity (Wildman–Crippen MR) is 80.6 cm³/mol. The molecule has 1 amide bonds. The zero-order valence-electron chi connectivity index (χ0n) is 10.7. The summed E-state index contributed by atoms with van der Waals surface area (Å²) in [7, 11) is 0. The van der Waals surface area contributed by atoms with Crippen molar-refractivity contribution in [1.82, 2.24) is 0 Å². The topological polar surface area (TPSA) is 53.8 Å². The van der Waals surface area contributed by atoms with E-state index >= 15 is 0 Å². The number of nitrogens with zero attached hydrogens (tertiary/aromatic N) is 2. The molecule has 0 saturated heterocycles. The first-order valence-corrected chi connectivity index (χ1v) is 6.50. The molecule has 21 heavy (non-hydrogen) atoms. The number of carbonyl (C=O) groups excluding carboxylic acids is 1. The molecule has 0 atom stereocenters. The van der Waals surface area contributed by atoms with Crippen molar-refractivity contribution >= 4 is 35.1 Å². The second-order valence-corrected chi connectivity index (χ2v) is 4.77. The number of hydrogen-bond acceptors (Lipinski definition) is 3. The molecule has 6 heteroatoms. The van der Waals surface area contributed by atoms with E-state index in [9.17, 15) is 9.18 Å². The lowest BCUT2D eigenvalue weighted by Gasteiger charge is -1.96. The van der Waals surface area contributed by atoms with Crippen LogP contribution in [0.15, 0.2) is 52.7 Å². The molecule has 0 aromatic heterocycles. The fourth-order valence-corrected chi connectivity index (χ4v) is 2.17. The SMILES string of the molecule is O=C1Nc2ccccc2/C1=N/N=Cc1ccc(F)cc1Cl. The van der Waals surface area contributed by atoms with Crippen molar-refractivity contribution in [3.05, 3.63) is 64.4 Å². The van der Waals surface area contributed by atoms with E-state index in [4.69, 9.17) is 11.6 Å². The van der Waals surface area contributed by atoms with Gasteiger partial charge in [-0.05, 0) is 24.3 Å². The van der Waals surface area contributed by atoms with Crippen LogP contribution in [-0.2, 0) is 4.79 Å². The largest absolute Gasteiger partial charge is 0.320 e. The lowest BCUT2D eigenvalue weighted by Crippen LogP contribution is -2.13. The Kier molecular flexibility index (Phi) is 3.50. The molecule has 2 aromatic rings. The smallest absolute Gasteiger partial charge is 0.276 e. The Balaban J connectivity index is 1.89. The molecule has 3 rings (SSSR count). The molecule has 104 valence electrons. The Morgan fingerprint density at radius 2 is 2.00 bits per heavy atom. The molecule has 1 aliphatic rings. The third-order valence-corrected chi connectivity index (χ3v) is 3.29. The van der Waals surface area contributed by atoms with E-state index in [1.165, 1.54) is 24.4 Å². The quantitative estimate of drug-likeness (QED) is 0.672. The fraction of sp³-hybridized carbons (Fsp3) is 0. The molecule has 0 aliphatic carbocycles. The van der Waals surface area contributed by atoms with Crippen molar-refractivity contribution in [2.24, 2.45) is 10.2 Å². The summed E-state index contributed by atoms with van der Waals surface area (Å²) in [5.41, 5.74) is 2.16. The molecule has 1 heterocycles. The Bertz CT molecular complexity index is 786. The number of fused-ring (bicyclic) bond motifs is 1. The van der Waals surface area contributed by atoms with Crippen LogP contribution in [0.3, 0.4) is 0 Å². The normalized spacial score (nSPS) is 15.5. The number of halogens is 2. The van der Waals surface area contributed by atoms with Crippen LogP contribution in [0.4, 0.5) is 10.1 Å². The molecule has 1 N–H and O–H groups in total. The Morgan fingerprint density at radius 1 is 1.19 bits per heavy atom. The van der Waals surface area contributed by atoms with Gasteiger partial charge < -0.3 is 5.32 Å². The molecule has 0 unspecified atom stereocenters. The summed E-state index contributed by atoms with van der Waals surface area (Å²) in [6.07, 6.45) is 1.38. The number of nitrogens with one attached hydrogen (secondary N) is 1. The van der Waals surface area contributed by atoms with Crippen molar-refractivity contribution in [1.29, 1.82) is 0 Å². The highest BCUT2D eigenvalue weighted by atomic mass is 35.5. The summed E-state index contributed by atoms with van der Waals surface area (Å²) in [4.78, 5) is 11.8. The Hall–Kier alpha value is -2.53. The molecule has 0 spiro atoms. The monoisotopic (exact) mass is 301 g/mol. The van der Waals surface area contributed by atoms with Gasteiger partial charge in [0.1, 0.15) is 5.82 Å². The first kappa shape index (κ1) is 13.5. The maximum absolute atomic E-state index is 12.9. The summed E-state index contributed by atoms with van der Waals surface area (Å²) in [6, 6.07) is 11.2. The number of anilines is 1. The summed E-state index contributed by atoms with van der Waals surface area (Å²) in [5.74, 6) is -0.730. The van der Waals surface area contributed by atoms with E-state index in [2.05, 4.69) is 15.5 Å². The van der Waals surface area contributed by atoms with Gasteiger partial charge in [0, 0.05) is 11.1 Å². The van der Waals surface area contributed by atoms with Gasteiger partial charge in [0.2, 0.25) is 0 Å².